The zero-order chi connectivity index (χ0) is 17.5. The number of nitrogens with zero attached hydrogens (tertiary/aromatic N) is 1. The van der Waals surface area contributed by atoms with Crippen LogP contribution in [0.4, 0.5) is 5.69 Å². The van der Waals surface area contributed by atoms with Gasteiger partial charge < -0.3 is 15.0 Å². The van der Waals surface area contributed by atoms with Gasteiger partial charge in [-0.3, -0.25) is 9.59 Å². The maximum atomic E-state index is 12.3. The SMILES string of the molecule is CCC[C@@H](C)NC(=O)COC(=O)c1ccccc1N1CCCC1=O. The van der Waals surface area contributed by atoms with Crippen molar-refractivity contribution in [1.82, 2.24) is 5.32 Å². The molecule has 6 nitrogen and oxygen atoms in total. The maximum absolute atomic E-state index is 12.3. The lowest BCUT2D eigenvalue weighted by atomic mass is 10.1. The summed E-state index contributed by atoms with van der Waals surface area (Å²) in [5, 5.41) is 2.78. The van der Waals surface area contributed by atoms with Crippen molar-refractivity contribution in [2.75, 3.05) is 18.1 Å². The summed E-state index contributed by atoms with van der Waals surface area (Å²) in [7, 11) is 0. The van der Waals surface area contributed by atoms with Gasteiger partial charge in [0, 0.05) is 19.0 Å². The van der Waals surface area contributed by atoms with E-state index in [4.69, 9.17) is 4.74 Å². The van der Waals surface area contributed by atoms with E-state index in [2.05, 4.69) is 5.32 Å². The van der Waals surface area contributed by atoms with Crippen LogP contribution >= 0.6 is 0 Å². The third kappa shape index (κ3) is 4.57. The van der Waals surface area contributed by atoms with Crippen LogP contribution in [0.2, 0.25) is 0 Å². The van der Waals surface area contributed by atoms with Gasteiger partial charge in [-0.05, 0) is 31.9 Å². The Kier molecular flexibility index (Phi) is 6.35. The summed E-state index contributed by atoms with van der Waals surface area (Å²) < 4.78 is 5.12. The van der Waals surface area contributed by atoms with Gasteiger partial charge in [0.25, 0.3) is 5.91 Å². The van der Waals surface area contributed by atoms with E-state index in [1.54, 1.807) is 29.2 Å². The smallest absolute Gasteiger partial charge is 0.340 e. The Balaban J connectivity index is 1.98. The predicted octanol–water partition coefficient (Wildman–Crippen LogP) is 2.28. The normalized spacial score (nSPS) is 15.2. The molecule has 6 heteroatoms. The Morgan fingerprint density at radius 1 is 1.33 bits per heavy atom. The lowest BCUT2D eigenvalue weighted by Gasteiger charge is -2.19. The lowest BCUT2D eigenvalue weighted by molar-refractivity contribution is -0.124. The molecule has 0 radical (unpaired) electrons. The number of carbonyl (C=O) groups excluding carboxylic acids is 3. The summed E-state index contributed by atoms with van der Waals surface area (Å²) in [6.45, 7) is 4.23. The molecule has 1 aromatic rings. The first-order valence-corrected chi connectivity index (χ1v) is 8.38. The number of ether oxygens (including phenoxy) is 1. The van der Waals surface area contributed by atoms with Crippen LogP contribution in [0.3, 0.4) is 0 Å². The van der Waals surface area contributed by atoms with Crippen molar-refractivity contribution in [3.8, 4) is 0 Å². The topological polar surface area (TPSA) is 75.7 Å². The van der Waals surface area contributed by atoms with Crippen molar-refractivity contribution < 1.29 is 19.1 Å². The Morgan fingerprint density at radius 2 is 2.08 bits per heavy atom. The largest absolute Gasteiger partial charge is 0.452 e. The Hall–Kier alpha value is -2.37. The van der Waals surface area contributed by atoms with Crippen LogP contribution in [0, 0.1) is 0 Å². The standard InChI is InChI=1S/C18H24N2O4/c1-3-7-13(2)19-16(21)12-24-18(23)14-8-4-5-9-15(14)20-11-6-10-17(20)22/h4-5,8-9,13H,3,6-7,10-12H2,1-2H3,(H,19,21)/t13-/m1/s1. The van der Waals surface area contributed by atoms with E-state index in [0.717, 1.165) is 19.3 Å². The fourth-order valence-corrected chi connectivity index (χ4v) is 2.81. The van der Waals surface area contributed by atoms with Gasteiger partial charge in [0.2, 0.25) is 5.91 Å². The van der Waals surface area contributed by atoms with Crippen molar-refractivity contribution in [3.63, 3.8) is 0 Å². The summed E-state index contributed by atoms with van der Waals surface area (Å²) in [6.07, 6.45) is 3.11. The van der Waals surface area contributed by atoms with Crippen LogP contribution in [-0.4, -0.2) is 37.0 Å². The second-order valence-corrected chi connectivity index (χ2v) is 6.00. The molecule has 1 heterocycles. The molecule has 2 rings (SSSR count). The maximum Gasteiger partial charge on any atom is 0.340 e. The molecular weight excluding hydrogens is 308 g/mol. The number of hydrogen-bond donors (Lipinski definition) is 1. The Bertz CT molecular complexity index is 615. The molecule has 1 N–H and O–H groups in total. The van der Waals surface area contributed by atoms with Crippen molar-refractivity contribution in [2.45, 2.75) is 45.6 Å². The van der Waals surface area contributed by atoms with E-state index >= 15 is 0 Å². The highest BCUT2D eigenvalue weighted by Gasteiger charge is 2.26. The van der Waals surface area contributed by atoms with E-state index in [0.29, 0.717) is 24.2 Å². The molecule has 2 amide bonds. The zero-order valence-corrected chi connectivity index (χ0v) is 14.2. The zero-order valence-electron chi connectivity index (χ0n) is 14.2. The Morgan fingerprint density at radius 3 is 2.75 bits per heavy atom. The molecule has 130 valence electrons. The minimum Gasteiger partial charge on any atom is -0.452 e. The molecule has 1 saturated heterocycles. The van der Waals surface area contributed by atoms with Crippen molar-refractivity contribution in [3.05, 3.63) is 29.8 Å². The van der Waals surface area contributed by atoms with Crippen LogP contribution in [0.15, 0.2) is 24.3 Å². The minimum absolute atomic E-state index is 0.00128. The third-order valence-electron chi connectivity index (χ3n) is 3.95. The summed E-state index contributed by atoms with van der Waals surface area (Å²) >= 11 is 0. The molecule has 0 unspecified atom stereocenters. The molecule has 0 bridgehead atoms. The first-order chi connectivity index (χ1) is 11.5. The number of benzene rings is 1. The highest BCUT2D eigenvalue weighted by Crippen LogP contribution is 2.25. The lowest BCUT2D eigenvalue weighted by Crippen LogP contribution is -2.35. The average Bonchev–Trinajstić information content (AvgIpc) is 2.98. The fraction of sp³-hybridized carbons (Fsp3) is 0.500. The number of esters is 1. The van der Waals surface area contributed by atoms with Crippen molar-refractivity contribution in [2.24, 2.45) is 0 Å². The van der Waals surface area contributed by atoms with Gasteiger partial charge in [0.15, 0.2) is 6.61 Å². The molecule has 1 aromatic carbocycles. The monoisotopic (exact) mass is 332 g/mol. The number of nitrogens with one attached hydrogen (secondary N) is 1. The predicted molar refractivity (Wildman–Crippen MR) is 90.8 cm³/mol. The first-order valence-electron chi connectivity index (χ1n) is 8.38. The number of hydrogen-bond acceptors (Lipinski definition) is 4. The van der Waals surface area contributed by atoms with Crippen LogP contribution in [0.1, 0.15) is 49.9 Å². The number of rotatable bonds is 7. The number of anilines is 1. The highest BCUT2D eigenvalue weighted by atomic mass is 16.5. The van der Waals surface area contributed by atoms with Crippen LogP contribution in [0.5, 0.6) is 0 Å². The third-order valence-corrected chi connectivity index (χ3v) is 3.95. The molecule has 0 spiro atoms. The first kappa shape index (κ1) is 18.0. The van der Waals surface area contributed by atoms with Gasteiger partial charge in [-0.1, -0.05) is 25.5 Å². The van der Waals surface area contributed by atoms with Gasteiger partial charge >= 0.3 is 5.97 Å². The molecule has 24 heavy (non-hydrogen) atoms. The highest BCUT2D eigenvalue weighted by molar-refractivity contribution is 6.03. The number of amides is 2. The van der Waals surface area contributed by atoms with E-state index in [1.807, 2.05) is 13.8 Å². The van der Waals surface area contributed by atoms with Crippen LogP contribution in [0.25, 0.3) is 0 Å². The molecule has 1 atom stereocenters. The van der Waals surface area contributed by atoms with E-state index in [1.165, 1.54) is 0 Å². The molecule has 1 aliphatic rings. The average molecular weight is 332 g/mol. The van der Waals surface area contributed by atoms with Crippen LogP contribution < -0.4 is 10.2 Å². The van der Waals surface area contributed by atoms with E-state index in [-0.39, 0.29) is 24.5 Å². The second-order valence-electron chi connectivity index (χ2n) is 6.00. The quantitative estimate of drug-likeness (QED) is 0.777. The summed E-state index contributed by atoms with van der Waals surface area (Å²) in [6, 6.07) is 6.88. The molecule has 0 aromatic heterocycles. The van der Waals surface area contributed by atoms with E-state index in [9.17, 15) is 14.4 Å². The summed E-state index contributed by atoms with van der Waals surface area (Å²) in [4.78, 5) is 37.6. The molecule has 0 aliphatic carbocycles. The summed E-state index contributed by atoms with van der Waals surface area (Å²) in [5.74, 6) is -0.913. The molecule has 0 saturated carbocycles. The fourth-order valence-electron chi connectivity index (χ4n) is 2.81. The molecule has 1 fully saturated rings. The minimum atomic E-state index is -0.594. The van der Waals surface area contributed by atoms with Gasteiger partial charge in [0.1, 0.15) is 0 Å². The van der Waals surface area contributed by atoms with Gasteiger partial charge in [-0.25, -0.2) is 4.79 Å². The van der Waals surface area contributed by atoms with E-state index < -0.39 is 5.97 Å². The molecular formula is C18H24N2O4. The van der Waals surface area contributed by atoms with Gasteiger partial charge in [-0.15, -0.1) is 0 Å². The Labute approximate surface area is 142 Å². The summed E-state index contributed by atoms with van der Waals surface area (Å²) in [5.41, 5.74) is 0.854. The second kappa shape index (κ2) is 8.47. The van der Waals surface area contributed by atoms with Crippen molar-refractivity contribution >= 4 is 23.5 Å². The van der Waals surface area contributed by atoms with Crippen LogP contribution in [-0.2, 0) is 14.3 Å². The van der Waals surface area contributed by atoms with Crippen molar-refractivity contribution in [1.29, 1.82) is 0 Å². The molecule has 1 aliphatic heterocycles. The van der Waals surface area contributed by atoms with Gasteiger partial charge in [-0.2, -0.15) is 0 Å². The number of carbonyl (C=O) groups is 3. The number of para-hydroxylation sites is 1. The van der Waals surface area contributed by atoms with Gasteiger partial charge in [0.05, 0.1) is 11.3 Å².